The second-order valence-electron chi connectivity index (χ2n) is 6.52. The number of hydrogen-bond acceptors (Lipinski definition) is 3. The van der Waals surface area contributed by atoms with Crippen LogP contribution in [0, 0.1) is 0 Å². The van der Waals surface area contributed by atoms with Crippen molar-refractivity contribution in [2.45, 2.75) is 0 Å². The predicted molar refractivity (Wildman–Crippen MR) is 111 cm³/mol. The SMILES string of the molecule is O=C(/C=C/c1cccc2cccnc12)N1CCN(c2ccccc2Cl)CC1. The summed E-state index contributed by atoms with van der Waals surface area (Å²) in [5.41, 5.74) is 2.90. The van der Waals surface area contributed by atoms with Crippen LogP contribution in [-0.4, -0.2) is 42.0 Å². The van der Waals surface area contributed by atoms with E-state index in [1.54, 1.807) is 12.3 Å². The van der Waals surface area contributed by atoms with Crippen LogP contribution in [0.3, 0.4) is 0 Å². The van der Waals surface area contributed by atoms with Gasteiger partial charge in [-0.25, -0.2) is 0 Å². The van der Waals surface area contributed by atoms with Gasteiger partial charge in [0, 0.05) is 49.4 Å². The van der Waals surface area contributed by atoms with Gasteiger partial charge in [0.15, 0.2) is 0 Å². The molecule has 1 amide bonds. The number of rotatable bonds is 3. The molecule has 1 saturated heterocycles. The van der Waals surface area contributed by atoms with E-state index < -0.39 is 0 Å². The summed E-state index contributed by atoms with van der Waals surface area (Å²) < 4.78 is 0. The Bertz CT molecular complexity index is 988. The number of carbonyl (C=O) groups is 1. The fraction of sp³-hybridized carbons (Fsp3) is 0.182. The highest BCUT2D eigenvalue weighted by molar-refractivity contribution is 6.33. The Morgan fingerprint density at radius 1 is 0.963 bits per heavy atom. The van der Waals surface area contributed by atoms with E-state index >= 15 is 0 Å². The zero-order valence-corrected chi connectivity index (χ0v) is 15.6. The first kappa shape index (κ1) is 17.6. The largest absolute Gasteiger partial charge is 0.367 e. The van der Waals surface area contributed by atoms with Crippen LogP contribution in [0.1, 0.15) is 5.56 Å². The van der Waals surface area contributed by atoms with Crippen molar-refractivity contribution in [2.75, 3.05) is 31.1 Å². The lowest BCUT2D eigenvalue weighted by molar-refractivity contribution is -0.126. The van der Waals surface area contributed by atoms with Gasteiger partial charge in [-0.1, -0.05) is 48.0 Å². The maximum Gasteiger partial charge on any atom is 0.246 e. The van der Waals surface area contributed by atoms with Crippen molar-refractivity contribution in [2.24, 2.45) is 0 Å². The minimum absolute atomic E-state index is 0.0294. The first-order chi connectivity index (χ1) is 13.2. The Morgan fingerprint density at radius 3 is 2.56 bits per heavy atom. The molecule has 1 aromatic heterocycles. The second-order valence-corrected chi connectivity index (χ2v) is 6.93. The second kappa shape index (κ2) is 7.80. The van der Waals surface area contributed by atoms with Crippen LogP contribution in [0.5, 0.6) is 0 Å². The summed E-state index contributed by atoms with van der Waals surface area (Å²) in [6, 6.07) is 17.8. The van der Waals surface area contributed by atoms with Crippen LogP contribution in [0.2, 0.25) is 5.02 Å². The predicted octanol–water partition coefficient (Wildman–Crippen LogP) is 4.25. The number of hydrogen-bond donors (Lipinski definition) is 0. The molecule has 4 rings (SSSR count). The summed E-state index contributed by atoms with van der Waals surface area (Å²) in [4.78, 5) is 21.1. The van der Waals surface area contributed by atoms with E-state index in [1.807, 2.05) is 65.6 Å². The molecule has 0 N–H and O–H groups in total. The first-order valence-electron chi connectivity index (χ1n) is 9.02. The van der Waals surface area contributed by atoms with E-state index in [0.717, 1.165) is 40.3 Å². The molecule has 5 heteroatoms. The lowest BCUT2D eigenvalue weighted by Gasteiger charge is -2.36. The van der Waals surface area contributed by atoms with Crippen LogP contribution in [-0.2, 0) is 4.79 Å². The van der Waals surface area contributed by atoms with Crippen LogP contribution < -0.4 is 4.90 Å². The zero-order valence-electron chi connectivity index (χ0n) is 14.9. The molecule has 136 valence electrons. The smallest absolute Gasteiger partial charge is 0.246 e. The number of para-hydroxylation sites is 2. The summed E-state index contributed by atoms with van der Waals surface area (Å²) in [5, 5.41) is 1.82. The Balaban J connectivity index is 1.42. The molecule has 0 unspecified atom stereocenters. The molecule has 0 saturated carbocycles. The van der Waals surface area contributed by atoms with E-state index in [9.17, 15) is 4.79 Å². The fourth-order valence-electron chi connectivity index (χ4n) is 3.40. The third-order valence-electron chi connectivity index (χ3n) is 4.85. The summed E-state index contributed by atoms with van der Waals surface area (Å²) in [6.07, 6.45) is 5.28. The fourth-order valence-corrected chi connectivity index (χ4v) is 3.66. The van der Waals surface area contributed by atoms with Crippen molar-refractivity contribution in [3.05, 3.63) is 77.5 Å². The van der Waals surface area contributed by atoms with Crippen LogP contribution in [0.4, 0.5) is 5.69 Å². The Morgan fingerprint density at radius 2 is 1.74 bits per heavy atom. The number of aromatic nitrogens is 1. The van der Waals surface area contributed by atoms with Gasteiger partial charge in [0.05, 0.1) is 16.2 Å². The van der Waals surface area contributed by atoms with Crippen molar-refractivity contribution in [1.82, 2.24) is 9.88 Å². The molecule has 3 aromatic rings. The molecule has 2 heterocycles. The first-order valence-corrected chi connectivity index (χ1v) is 9.40. The highest BCUT2D eigenvalue weighted by Crippen LogP contribution is 2.26. The lowest BCUT2D eigenvalue weighted by atomic mass is 10.1. The molecule has 1 fully saturated rings. The van der Waals surface area contributed by atoms with Crippen LogP contribution >= 0.6 is 11.6 Å². The van der Waals surface area contributed by atoms with E-state index in [1.165, 1.54) is 0 Å². The van der Waals surface area contributed by atoms with E-state index in [0.29, 0.717) is 13.1 Å². The Labute approximate surface area is 163 Å². The number of pyridine rings is 1. The number of amides is 1. The standard InChI is InChI=1S/C22H20ClN3O/c23-19-8-1-2-9-20(19)25-13-15-26(16-14-25)21(27)11-10-18-6-3-5-17-7-4-12-24-22(17)18/h1-12H,13-16H2/b11-10+. The third-order valence-corrected chi connectivity index (χ3v) is 5.17. The number of benzene rings is 2. The summed E-state index contributed by atoms with van der Waals surface area (Å²) in [7, 11) is 0. The van der Waals surface area contributed by atoms with Crippen molar-refractivity contribution < 1.29 is 4.79 Å². The Hall–Kier alpha value is -2.85. The summed E-state index contributed by atoms with van der Waals surface area (Å²) in [5.74, 6) is 0.0294. The third kappa shape index (κ3) is 3.81. The maximum absolute atomic E-state index is 12.6. The molecule has 2 aromatic carbocycles. The normalized spacial score (nSPS) is 14.9. The van der Waals surface area contributed by atoms with Gasteiger partial charge >= 0.3 is 0 Å². The average Bonchev–Trinajstić information content (AvgIpc) is 2.72. The minimum Gasteiger partial charge on any atom is -0.367 e. The van der Waals surface area contributed by atoms with Crippen molar-refractivity contribution in [3.8, 4) is 0 Å². The maximum atomic E-state index is 12.6. The number of anilines is 1. The van der Waals surface area contributed by atoms with Crippen molar-refractivity contribution in [1.29, 1.82) is 0 Å². The highest BCUT2D eigenvalue weighted by Gasteiger charge is 2.21. The molecule has 1 aliphatic rings. The minimum atomic E-state index is 0.0294. The van der Waals surface area contributed by atoms with Gasteiger partial charge in [-0.2, -0.15) is 0 Å². The topological polar surface area (TPSA) is 36.4 Å². The molecule has 27 heavy (non-hydrogen) atoms. The highest BCUT2D eigenvalue weighted by atomic mass is 35.5. The number of piperazine rings is 1. The number of nitrogens with zero attached hydrogens (tertiary/aromatic N) is 3. The van der Waals surface area contributed by atoms with E-state index in [-0.39, 0.29) is 5.91 Å². The molecule has 0 spiro atoms. The summed E-state index contributed by atoms with van der Waals surface area (Å²) >= 11 is 6.28. The van der Waals surface area contributed by atoms with E-state index in [2.05, 4.69) is 9.88 Å². The van der Waals surface area contributed by atoms with Gasteiger partial charge in [0.2, 0.25) is 5.91 Å². The molecular weight excluding hydrogens is 358 g/mol. The molecule has 0 atom stereocenters. The number of fused-ring (bicyclic) bond motifs is 1. The number of halogens is 1. The van der Waals surface area contributed by atoms with E-state index in [4.69, 9.17) is 11.6 Å². The zero-order chi connectivity index (χ0) is 18.6. The van der Waals surface area contributed by atoms with Crippen molar-refractivity contribution in [3.63, 3.8) is 0 Å². The lowest BCUT2D eigenvalue weighted by Crippen LogP contribution is -2.48. The molecule has 1 aliphatic heterocycles. The molecule has 4 nitrogen and oxygen atoms in total. The van der Waals surface area contributed by atoms with Gasteiger partial charge < -0.3 is 9.80 Å². The quantitative estimate of drug-likeness (QED) is 0.640. The monoisotopic (exact) mass is 377 g/mol. The van der Waals surface area contributed by atoms with Gasteiger partial charge in [-0.3, -0.25) is 9.78 Å². The molecule has 0 aliphatic carbocycles. The van der Waals surface area contributed by atoms with Crippen LogP contribution in [0.15, 0.2) is 66.9 Å². The van der Waals surface area contributed by atoms with Gasteiger partial charge in [0.25, 0.3) is 0 Å². The molecule has 0 radical (unpaired) electrons. The molecular formula is C22H20ClN3O. The molecule has 0 bridgehead atoms. The summed E-state index contributed by atoms with van der Waals surface area (Å²) in [6.45, 7) is 2.92. The van der Waals surface area contributed by atoms with Gasteiger partial charge in [-0.05, 0) is 24.3 Å². The average molecular weight is 378 g/mol. The Kier molecular flexibility index (Phi) is 5.07. The van der Waals surface area contributed by atoms with Crippen molar-refractivity contribution >= 4 is 40.2 Å². The van der Waals surface area contributed by atoms with Gasteiger partial charge in [-0.15, -0.1) is 0 Å². The number of carbonyl (C=O) groups excluding carboxylic acids is 1. The van der Waals surface area contributed by atoms with Gasteiger partial charge in [0.1, 0.15) is 0 Å². The van der Waals surface area contributed by atoms with Crippen LogP contribution in [0.25, 0.3) is 17.0 Å².